The Morgan fingerprint density at radius 2 is 0.617 bits per heavy atom. The van der Waals surface area contributed by atoms with Crippen LogP contribution in [0, 0.1) is 0 Å². The number of rotatable bonds is 9. The molecule has 5 aromatic heterocycles. The van der Waals surface area contributed by atoms with Gasteiger partial charge in [0.15, 0.2) is 11.6 Å². The van der Waals surface area contributed by atoms with Gasteiger partial charge in [-0.1, -0.05) is 146 Å². The van der Waals surface area contributed by atoms with E-state index in [1.807, 2.05) is 140 Å². The average molecular weight is 770 g/mol. The molecule has 0 amide bonds. The lowest BCUT2D eigenvalue weighted by Crippen LogP contribution is -1.97. The molecule has 60 heavy (non-hydrogen) atoms. The van der Waals surface area contributed by atoms with E-state index in [-0.39, 0.29) is 0 Å². The minimum absolute atomic E-state index is 0.651. The molecule has 0 atom stereocenters. The Hall–Kier alpha value is -8.29. The summed E-state index contributed by atoms with van der Waals surface area (Å²) < 4.78 is 0. The van der Waals surface area contributed by atoms with E-state index in [9.17, 15) is 0 Å². The molecule has 0 radical (unpaired) electrons. The Balaban J connectivity index is 1.09. The van der Waals surface area contributed by atoms with Crippen molar-refractivity contribution in [1.29, 1.82) is 0 Å². The number of nitrogens with zero attached hydrogens (tertiary/aromatic N) is 7. The first-order valence-electron chi connectivity index (χ1n) is 19.7. The van der Waals surface area contributed by atoms with Gasteiger partial charge in [-0.15, -0.1) is 0 Å². The molecule has 5 aromatic carbocycles. The molecule has 5 heterocycles. The number of pyridine rings is 3. The lowest BCUT2D eigenvalue weighted by Gasteiger charge is -2.13. The minimum atomic E-state index is 0.651. The zero-order valence-corrected chi connectivity index (χ0v) is 32.3. The van der Waals surface area contributed by atoms with E-state index in [4.69, 9.17) is 29.9 Å². The first-order valence-corrected chi connectivity index (χ1v) is 19.7. The second kappa shape index (κ2) is 16.3. The van der Waals surface area contributed by atoms with Crippen LogP contribution < -0.4 is 0 Å². The molecule has 0 aliphatic carbocycles. The van der Waals surface area contributed by atoms with E-state index in [1.54, 1.807) is 6.20 Å². The lowest BCUT2D eigenvalue weighted by molar-refractivity contribution is 1.18. The smallest absolute Gasteiger partial charge is 0.160 e. The summed E-state index contributed by atoms with van der Waals surface area (Å²) in [6.45, 7) is 0. The van der Waals surface area contributed by atoms with Gasteiger partial charge in [-0.25, -0.2) is 24.9 Å². The van der Waals surface area contributed by atoms with Crippen molar-refractivity contribution >= 4 is 0 Å². The third-order valence-corrected chi connectivity index (χ3v) is 10.2. The molecule has 0 unspecified atom stereocenters. The molecule has 0 saturated carbocycles. The molecule has 0 fully saturated rings. The van der Waals surface area contributed by atoms with E-state index in [2.05, 4.69) is 71.7 Å². The number of hydrogen-bond donors (Lipinski definition) is 0. The first-order chi connectivity index (χ1) is 29.7. The fourth-order valence-corrected chi connectivity index (χ4v) is 7.20. The highest BCUT2D eigenvalue weighted by molar-refractivity contribution is 5.80. The van der Waals surface area contributed by atoms with Gasteiger partial charge in [0.2, 0.25) is 0 Å². The van der Waals surface area contributed by atoms with E-state index >= 15 is 0 Å². The van der Waals surface area contributed by atoms with Crippen LogP contribution in [-0.4, -0.2) is 34.9 Å². The summed E-state index contributed by atoms with van der Waals surface area (Å²) in [5, 5.41) is 0. The second-order valence-corrected chi connectivity index (χ2v) is 14.2. The molecule has 0 aliphatic heterocycles. The van der Waals surface area contributed by atoms with E-state index in [0.29, 0.717) is 23.0 Å². The van der Waals surface area contributed by atoms with E-state index in [0.717, 1.165) is 78.7 Å². The quantitative estimate of drug-likeness (QED) is 0.144. The van der Waals surface area contributed by atoms with Crippen molar-refractivity contribution in [3.05, 3.63) is 213 Å². The third kappa shape index (κ3) is 7.71. The summed E-state index contributed by atoms with van der Waals surface area (Å²) in [7, 11) is 0. The summed E-state index contributed by atoms with van der Waals surface area (Å²) in [6, 6.07) is 67.2. The summed E-state index contributed by atoms with van der Waals surface area (Å²) >= 11 is 0. The van der Waals surface area contributed by atoms with Crippen LogP contribution in [0.1, 0.15) is 0 Å². The van der Waals surface area contributed by atoms with Crippen LogP contribution in [0.2, 0.25) is 0 Å². The third-order valence-electron chi connectivity index (χ3n) is 10.2. The predicted octanol–water partition coefficient (Wildman–Crippen LogP) is 12.5. The highest BCUT2D eigenvalue weighted by Crippen LogP contribution is 2.35. The maximum absolute atomic E-state index is 5.16. The maximum atomic E-state index is 5.16. The van der Waals surface area contributed by atoms with Crippen molar-refractivity contribution in [2.45, 2.75) is 0 Å². The van der Waals surface area contributed by atoms with Crippen molar-refractivity contribution in [3.8, 4) is 102 Å². The first kappa shape index (κ1) is 36.1. The van der Waals surface area contributed by atoms with E-state index in [1.165, 1.54) is 0 Å². The van der Waals surface area contributed by atoms with Gasteiger partial charge in [-0.05, 0) is 65.7 Å². The van der Waals surface area contributed by atoms with Crippen LogP contribution in [0.3, 0.4) is 0 Å². The van der Waals surface area contributed by atoms with Crippen LogP contribution in [0.25, 0.3) is 102 Å². The second-order valence-electron chi connectivity index (χ2n) is 14.2. The highest BCUT2D eigenvalue weighted by Gasteiger charge is 2.16. The van der Waals surface area contributed by atoms with Crippen LogP contribution in [0.15, 0.2) is 213 Å². The average Bonchev–Trinajstić information content (AvgIpc) is 3.35. The lowest BCUT2D eigenvalue weighted by atomic mass is 9.98. The summed E-state index contributed by atoms with van der Waals surface area (Å²) in [6.07, 6.45) is 3.60. The monoisotopic (exact) mass is 769 g/mol. The number of aromatic nitrogens is 7. The van der Waals surface area contributed by atoms with Gasteiger partial charge in [-0.3, -0.25) is 9.97 Å². The topological polar surface area (TPSA) is 90.2 Å². The van der Waals surface area contributed by atoms with Gasteiger partial charge in [-0.2, -0.15) is 0 Å². The summed E-state index contributed by atoms with van der Waals surface area (Å²) in [5.41, 5.74) is 14.0. The largest absolute Gasteiger partial charge is 0.255 e. The van der Waals surface area contributed by atoms with Crippen LogP contribution in [-0.2, 0) is 0 Å². The van der Waals surface area contributed by atoms with Crippen LogP contribution in [0.5, 0.6) is 0 Å². The Morgan fingerprint density at radius 1 is 0.200 bits per heavy atom. The van der Waals surface area contributed by atoms with Gasteiger partial charge in [0.25, 0.3) is 0 Å². The fraction of sp³-hybridized carbons (Fsp3) is 0. The molecule has 0 aliphatic rings. The Kier molecular flexibility index (Phi) is 9.79. The molecule has 10 aromatic rings. The Labute approximate surface area is 347 Å². The van der Waals surface area contributed by atoms with Gasteiger partial charge in [0.1, 0.15) is 0 Å². The van der Waals surface area contributed by atoms with Crippen LogP contribution >= 0.6 is 0 Å². The van der Waals surface area contributed by atoms with Gasteiger partial charge < -0.3 is 0 Å². The van der Waals surface area contributed by atoms with Crippen molar-refractivity contribution in [2.24, 2.45) is 0 Å². The molecule has 0 N–H and O–H groups in total. The molecule has 0 saturated heterocycles. The van der Waals surface area contributed by atoms with Crippen molar-refractivity contribution in [2.75, 3.05) is 0 Å². The molecular weight excluding hydrogens is 735 g/mol. The minimum Gasteiger partial charge on any atom is -0.255 e. The normalized spacial score (nSPS) is 11.0. The zero-order chi connectivity index (χ0) is 40.1. The van der Waals surface area contributed by atoms with Crippen LogP contribution in [0.4, 0.5) is 0 Å². The SMILES string of the molecule is c1ccc(-c2cc(-c3cccc(-c4cc(-c5ccccn5)nc(-c5cc(-c6cc(-c7ccccc7)nc(-c7ccccc7)n6)ccn5)c4)c3)nc(-c3ccccc3)n2)cc1. The molecular formula is C53H35N7. The number of hydrogen-bond acceptors (Lipinski definition) is 7. The predicted molar refractivity (Wildman–Crippen MR) is 240 cm³/mol. The molecule has 7 nitrogen and oxygen atoms in total. The highest BCUT2D eigenvalue weighted by atomic mass is 14.9. The molecule has 0 bridgehead atoms. The maximum Gasteiger partial charge on any atom is 0.160 e. The standard InChI is InChI=1S/C53H35N7/c1-5-16-36(17-6-1)45-34-47(59-52(57-45)38-20-9-3-10-21-38)41-25-15-24-40(30-41)43-32-50(44-26-13-14-28-54-44)56-51(33-43)49-31-42(27-29-55-49)48-35-46(37-18-7-2-8-19-37)58-53(60-48)39-22-11-4-12-23-39/h1-35H. The Morgan fingerprint density at radius 3 is 1.15 bits per heavy atom. The van der Waals surface area contributed by atoms with Crippen molar-refractivity contribution in [3.63, 3.8) is 0 Å². The summed E-state index contributed by atoms with van der Waals surface area (Å²) in [5.74, 6) is 1.32. The van der Waals surface area contributed by atoms with Gasteiger partial charge >= 0.3 is 0 Å². The summed E-state index contributed by atoms with van der Waals surface area (Å²) in [4.78, 5) is 34.9. The molecule has 7 heteroatoms. The zero-order valence-electron chi connectivity index (χ0n) is 32.3. The number of benzene rings is 5. The molecule has 282 valence electrons. The van der Waals surface area contributed by atoms with Gasteiger partial charge in [0, 0.05) is 45.8 Å². The molecule has 0 spiro atoms. The van der Waals surface area contributed by atoms with Crippen molar-refractivity contribution in [1.82, 2.24) is 34.9 Å². The molecule has 10 rings (SSSR count). The van der Waals surface area contributed by atoms with Gasteiger partial charge in [0.05, 0.1) is 45.6 Å². The van der Waals surface area contributed by atoms with E-state index < -0.39 is 0 Å². The van der Waals surface area contributed by atoms with Crippen molar-refractivity contribution < 1.29 is 0 Å². The Bertz CT molecular complexity index is 2770. The fourth-order valence-electron chi connectivity index (χ4n) is 7.20.